The minimum absolute atomic E-state index is 0.138. The van der Waals surface area contributed by atoms with Crippen molar-refractivity contribution in [3.05, 3.63) is 34.9 Å². The van der Waals surface area contributed by atoms with Crippen LogP contribution in [0.15, 0.2) is 34.5 Å². The zero-order valence-corrected chi connectivity index (χ0v) is 12.1. The highest BCUT2D eigenvalue weighted by atomic mass is 35.5. The molecule has 0 saturated carbocycles. The molecule has 2 amide bonds. The smallest absolute Gasteiger partial charge is 0.254 e. The number of carbonyl (C=O) groups excluding carboxylic acids is 2. The lowest BCUT2D eigenvalue weighted by molar-refractivity contribution is -0.126. The van der Waals surface area contributed by atoms with Crippen molar-refractivity contribution in [2.45, 2.75) is 25.7 Å². The zero-order valence-electron chi connectivity index (χ0n) is 11.3. The summed E-state index contributed by atoms with van der Waals surface area (Å²) in [5, 5.41) is 10.1. The van der Waals surface area contributed by atoms with Crippen molar-refractivity contribution in [2.75, 3.05) is 0 Å². The number of hydrogen-bond donors (Lipinski definition) is 1. The number of carbonyl (C=O) groups is 2. The van der Waals surface area contributed by atoms with E-state index in [9.17, 15) is 9.59 Å². The van der Waals surface area contributed by atoms with E-state index in [1.807, 2.05) is 12.1 Å². The van der Waals surface area contributed by atoms with Gasteiger partial charge in [-0.2, -0.15) is 15.2 Å². The van der Waals surface area contributed by atoms with Crippen LogP contribution < -0.4 is 5.43 Å². The van der Waals surface area contributed by atoms with Crippen LogP contribution in [0.5, 0.6) is 0 Å². The van der Waals surface area contributed by atoms with Crippen molar-refractivity contribution in [1.29, 1.82) is 0 Å². The van der Waals surface area contributed by atoms with Crippen LogP contribution in [-0.4, -0.2) is 28.4 Å². The van der Waals surface area contributed by atoms with Gasteiger partial charge in [0.05, 0.1) is 12.3 Å². The van der Waals surface area contributed by atoms with Gasteiger partial charge < -0.3 is 0 Å². The molecule has 7 heteroatoms. The molecule has 3 rings (SSSR count). The average molecular weight is 305 g/mol. The quantitative estimate of drug-likeness (QED) is 0.860. The lowest BCUT2D eigenvalue weighted by Crippen LogP contribution is -2.41. The van der Waals surface area contributed by atoms with Gasteiger partial charge in [0, 0.05) is 17.2 Å². The highest BCUT2D eigenvalue weighted by Crippen LogP contribution is 2.28. The molecular weight excluding hydrogens is 292 g/mol. The van der Waals surface area contributed by atoms with Crippen molar-refractivity contribution in [2.24, 2.45) is 10.2 Å². The molecule has 0 radical (unpaired) electrons. The summed E-state index contributed by atoms with van der Waals surface area (Å²) in [6, 6.07) is 7.17. The summed E-state index contributed by atoms with van der Waals surface area (Å²) in [5.41, 5.74) is 4.02. The topological polar surface area (TPSA) is 74.1 Å². The lowest BCUT2D eigenvalue weighted by atomic mass is 9.93. The number of amides is 2. The Hall–Kier alpha value is -2.21. The summed E-state index contributed by atoms with van der Waals surface area (Å²) in [6.45, 7) is 1.79. The van der Waals surface area contributed by atoms with Gasteiger partial charge in [0.2, 0.25) is 5.91 Å². The molecule has 2 heterocycles. The second-order valence-corrected chi connectivity index (χ2v) is 5.47. The Balaban J connectivity index is 1.98. The summed E-state index contributed by atoms with van der Waals surface area (Å²) in [7, 11) is 0. The summed E-state index contributed by atoms with van der Waals surface area (Å²) < 4.78 is 0. The Morgan fingerprint density at radius 2 is 2.00 bits per heavy atom. The normalized spacial score (nSPS) is 22.0. The first-order valence-electron chi connectivity index (χ1n) is 6.53. The molecule has 1 N–H and O–H groups in total. The molecule has 0 spiro atoms. The van der Waals surface area contributed by atoms with Crippen LogP contribution in [0.2, 0.25) is 5.02 Å². The number of hydrazone groups is 2. The Morgan fingerprint density at radius 3 is 2.62 bits per heavy atom. The summed E-state index contributed by atoms with van der Waals surface area (Å²) >= 11 is 5.89. The third-order valence-corrected chi connectivity index (χ3v) is 3.65. The maximum Gasteiger partial charge on any atom is 0.254 e. The molecule has 21 heavy (non-hydrogen) atoms. The highest BCUT2D eigenvalue weighted by Gasteiger charge is 2.35. The number of halogens is 1. The number of nitrogens with zero attached hydrogens (tertiary/aromatic N) is 3. The van der Waals surface area contributed by atoms with Crippen molar-refractivity contribution in [3.8, 4) is 0 Å². The molecule has 2 aliphatic heterocycles. The van der Waals surface area contributed by atoms with Crippen LogP contribution in [0.4, 0.5) is 0 Å². The molecule has 1 aromatic carbocycles. The van der Waals surface area contributed by atoms with Gasteiger partial charge in [-0.3, -0.25) is 9.59 Å². The van der Waals surface area contributed by atoms with Crippen LogP contribution in [0, 0.1) is 0 Å². The average Bonchev–Trinajstić information content (AvgIpc) is 2.78. The van der Waals surface area contributed by atoms with Gasteiger partial charge in [-0.25, -0.2) is 5.43 Å². The molecule has 0 fully saturated rings. The van der Waals surface area contributed by atoms with E-state index in [1.54, 1.807) is 19.1 Å². The molecule has 0 aromatic heterocycles. The van der Waals surface area contributed by atoms with Gasteiger partial charge in [-0.1, -0.05) is 23.7 Å². The highest BCUT2D eigenvalue weighted by molar-refractivity contribution is 6.30. The van der Waals surface area contributed by atoms with E-state index >= 15 is 0 Å². The van der Waals surface area contributed by atoms with Crippen molar-refractivity contribution < 1.29 is 9.59 Å². The number of nitrogens with one attached hydrogen (secondary N) is 1. The van der Waals surface area contributed by atoms with E-state index in [0.29, 0.717) is 10.9 Å². The molecule has 0 bridgehead atoms. The molecule has 1 aromatic rings. The molecule has 0 aliphatic carbocycles. The largest absolute Gasteiger partial charge is 0.273 e. The van der Waals surface area contributed by atoms with E-state index in [2.05, 4.69) is 15.6 Å². The van der Waals surface area contributed by atoms with Gasteiger partial charge in [0.15, 0.2) is 5.84 Å². The fraction of sp³-hybridized carbons (Fsp3) is 0.286. The monoisotopic (exact) mass is 304 g/mol. The van der Waals surface area contributed by atoms with E-state index in [0.717, 1.165) is 11.3 Å². The van der Waals surface area contributed by atoms with E-state index in [-0.39, 0.29) is 30.6 Å². The molecule has 1 unspecified atom stereocenters. The van der Waals surface area contributed by atoms with Gasteiger partial charge >= 0.3 is 0 Å². The van der Waals surface area contributed by atoms with E-state index in [4.69, 9.17) is 11.6 Å². The summed E-state index contributed by atoms with van der Waals surface area (Å²) in [4.78, 5) is 23.6. The first-order valence-corrected chi connectivity index (χ1v) is 6.91. The van der Waals surface area contributed by atoms with Crippen LogP contribution in [0.25, 0.3) is 0 Å². The van der Waals surface area contributed by atoms with Gasteiger partial charge in [0.25, 0.3) is 5.91 Å². The lowest BCUT2D eigenvalue weighted by Gasteiger charge is -2.26. The minimum Gasteiger partial charge on any atom is -0.273 e. The van der Waals surface area contributed by atoms with Crippen LogP contribution in [-0.2, 0) is 9.59 Å². The molecule has 108 valence electrons. The molecular formula is C14H13ClN4O2. The van der Waals surface area contributed by atoms with Crippen LogP contribution >= 0.6 is 11.6 Å². The van der Waals surface area contributed by atoms with Crippen molar-refractivity contribution in [3.63, 3.8) is 0 Å². The maximum absolute atomic E-state index is 12.0. The van der Waals surface area contributed by atoms with Crippen LogP contribution in [0.1, 0.15) is 31.2 Å². The van der Waals surface area contributed by atoms with E-state index in [1.165, 1.54) is 5.01 Å². The van der Waals surface area contributed by atoms with Gasteiger partial charge in [0.1, 0.15) is 0 Å². The second-order valence-electron chi connectivity index (χ2n) is 5.03. The molecule has 1 atom stereocenters. The Bertz CT molecular complexity index is 666. The predicted octanol–water partition coefficient (Wildman–Crippen LogP) is 1.87. The first kappa shape index (κ1) is 13.8. The van der Waals surface area contributed by atoms with Gasteiger partial charge in [-0.05, 0) is 24.6 Å². The molecule has 2 aliphatic rings. The number of hydrogen-bond acceptors (Lipinski definition) is 4. The minimum atomic E-state index is -0.311. The van der Waals surface area contributed by atoms with E-state index < -0.39 is 0 Å². The fourth-order valence-electron chi connectivity index (χ4n) is 2.41. The summed E-state index contributed by atoms with van der Waals surface area (Å²) in [5.74, 6) is -0.194. The Labute approximate surface area is 126 Å². The predicted molar refractivity (Wildman–Crippen MR) is 79.0 cm³/mol. The zero-order chi connectivity index (χ0) is 15.0. The Morgan fingerprint density at radius 1 is 1.29 bits per heavy atom. The second kappa shape index (κ2) is 5.29. The van der Waals surface area contributed by atoms with Crippen molar-refractivity contribution in [1.82, 2.24) is 10.4 Å². The third kappa shape index (κ3) is 2.67. The summed E-state index contributed by atoms with van der Waals surface area (Å²) in [6.07, 6.45) is 0.499. The number of amidine groups is 1. The fourth-order valence-corrected chi connectivity index (χ4v) is 2.54. The first-order chi connectivity index (χ1) is 10.0. The SMILES string of the molecule is CC1=NN(C2=NNC(=O)CC2c2ccc(Cl)cc2)C(=O)C1. The molecule has 6 nitrogen and oxygen atoms in total. The number of benzene rings is 1. The standard InChI is InChI=1S/C14H13ClN4O2/c1-8-6-13(21)19(18-8)14-11(7-12(20)16-17-14)9-2-4-10(15)5-3-9/h2-5,11H,6-7H2,1H3,(H,16,20). The Kier molecular flexibility index (Phi) is 3.47. The molecule has 0 saturated heterocycles. The third-order valence-electron chi connectivity index (χ3n) is 3.40. The van der Waals surface area contributed by atoms with Crippen LogP contribution in [0.3, 0.4) is 0 Å². The maximum atomic E-state index is 12.0. The van der Waals surface area contributed by atoms with Crippen molar-refractivity contribution >= 4 is 35.0 Å². The number of rotatable bonds is 1. The van der Waals surface area contributed by atoms with Gasteiger partial charge in [-0.15, -0.1) is 0 Å².